The molecule has 0 spiro atoms. The molecule has 4 aliphatic heterocycles. The van der Waals surface area contributed by atoms with Crippen molar-refractivity contribution in [3.05, 3.63) is 0 Å². The average molecular weight is 284 g/mol. The third kappa shape index (κ3) is 1.68. The van der Waals surface area contributed by atoms with Gasteiger partial charge in [-0.15, -0.1) is 0 Å². The molecule has 8 heteroatoms. The molecule has 0 atom stereocenters. The largest absolute Gasteiger partial charge is 0.857 e. The molecule has 0 aliphatic carbocycles. The highest BCUT2D eigenvalue weighted by Crippen LogP contribution is 2.23. The van der Waals surface area contributed by atoms with Crippen molar-refractivity contribution in [2.24, 2.45) is 20.4 Å². The number of nitrogens with zero attached hydrogens (tertiary/aromatic N) is 8. The van der Waals surface area contributed by atoms with Crippen LogP contribution in [-0.2, 0) is 0 Å². The van der Waals surface area contributed by atoms with E-state index in [0.717, 1.165) is 25.7 Å². The molecular formula is C13H16N8+4. The van der Waals surface area contributed by atoms with E-state index in [-0.39, 0.29) is 0 Å². The van der Waals surface area contributed by atoms with Gasteiger partial charge in [0.15, 0.2) is 0 Å². The Labute approximate surface area is 121 Å². The first-order valence-corrected chi connectivity index (χ1v) is 7.03. The van der Waals surface area contributed by atoms with Crippen LogP contribution in [0.5, 0.6) is 0 Å². The number of hydrazone groups is 4. The fourth-order valence-corrected chi connectivity index (χ4v) is 2.75. The van der Waals surface area contributed by atoms with E-state index in [9.17, 15) is 0 Å². The molecule has 0 aromatic rings. The van der Waals surface area contributed by atoms with Crippen molar-refractivity contribution in [3.63, 3.8) is 0 Å². The van der Waals surface area contributed by atoms with Crippen molar-refractivity contribution in [3.8, 4) is 0 Å². The molecule has 4 aliphatic rings. The lowest BCUT2D eigenvalue weighted by Gasteiger charge is -2.05. The quantitative estimate of drug-likeness (QED) is 0.624. The molecule has 0 amide bonds. The van der Waals surface area contributed by atoms with Gasteiger partial charge in [-0.05, 0) is 0 Å². The standard InChI is InChI=1S/C13H16N8/c1-5-14-18(9-1)13(19-10-2-6-15-19,20-11-3-7-16-20)21-12-4-8-17-21/h5-12H,1-4H2/q+4. The molecule has 4 rings (SSSR count). The number of rotatable bonds is 4. The Hall–Kier alpha value is -2.64. The Balaban J connectivity index is 1.98. The molecule has 8 nitrogen and oxygen atoms in total. The molecule has 0 N–H and O–H groups in total. The van der Waals surface area contributed by atoms with Crippen LogP contribution in [0.1, 0.15) is 25.7 Å². The van der Waals surface area contributed by atoms with Gasteiger partial charge in [0.2, 0.25) is 24.9 Å². The molecule has 4 heterocycles. The van der Waals surface area contributed by atoms with E-state index >= 15 is 0 Å². The van der Waals surface area contributed by atoms with Crippen molar-refractivity contribution >= 4 is 49.7 Å². The van der Waals surface area contributed by atoms with Crippen molar-refractivity contribution in [2.45, 2.75) is 31.6 Å². The lowest BCUT2D eigenvalue weighted by Crippen LogP contribution is -2.62. The first-order chi connectivity index (χ1) is 10.4. The molecule has 0 aromatic carbocycles. The molecule has 0 saturated carbocycles. The normalized spacial score (nSPS) is 22.9. The van der Waals surface area contributed by atoms with E-state index < -0.39 is 5.91 Å². The van der Waals surface area contributed by atoms with E-state index in [1.54, 1.807) is 0 Å². The van der Waals surface area contributed by atoms with Crippen molar-refractivity contribution < 1.29 is 18.7 Å². The zero-order valence-electron chi connectivity index (χ0n) is 11.5. The van der Waals surface area contributed by atoms with E-state index in [2.05, 4.69) is 20.4 Å². The monoisotopic (exact) mass is 284 g/mol. The highest BCUT2D eigenvalue weighted by molar-refractivity contribution is 5.81. The van der Waals surface area contributed by atoms with Crippen LogP contribution in [0, 0.1) is 0 Å². The van der Waals surface area contributed by atoms with Crippen LogP contribution < -0.4 is 0 Å². The summed E-state index contributed by atoms with van der Waals surface area (Å²) >= 11 is 0. The summed E-state index contributed by atoms with van der Waals surface area (Å²) in [6.07, 6.45) is 18.7. The van der Waals surface area contributed by atoms with Crippen molar-refractivity contribution in [1.82, 2.24) is 0 Å². The second kappa shape index (κ2) is 4.72. The molecule has 21 heavy (non-hydrogen) atoms. The second-order valence-corrected chi connectivity index (χ2v) is 4.84. The lowest BCUT2D eigenvalue weighted by molar-refractivity contribution is -1.14. The predicted molar refractivity (Wildman–Crippen MR) is 80.5 cm³/mol. The molecule has 0 fully saturated rings. The van der Waals surface area contributed by atoms with E-state index in [0.29, 0.717) is 0 Å². The summed E-state index contributed by atoms with van der Waals surface area (Å²) in [5.41, 5.74) is 0. The van der Waals surface area contributed by atoms with E-state index in [1.807, 2.05) is 68.5 Å². The van der Waals surface area contributed by atoms with Gasteiger partial charge in [-0.25, -0.2) is 0 Å². The topological polar surface area (TPSA) is 61.5 Å². The number of hydrogen-bond donors (Lipinski definition) is 0. The van der Waals surface area contributed by atoms with Gasteiger partial charge in [0.1, 0.15) is 18.7 Å². The van der Waals surface area contributed by atoms with Crippen molar-refractivity contribution in [1.29, 1.82) is 0 Å². The summed E-state index contributed by atoms with van der Waals surface area (Å²) in [4.78, 5) is 0. The summed E-state index contributed by atoms with van der Waals surface area (Å²) in [7, 11) is 0. The van der Waals surface area contributed by atoms with Crippen LogP contribution in [0.25, 0.3) is 0 Å². The van der Waals surface area contributed by atoms with Crippen LogP contribution in [-0.4, -0.2) is 74.4 Å². The minimum Gasteiger partial charge on any atom is 0.00718 e. The van der Waals surface area contributed by atoms with Gasteiger partial charge in [0.05, 0.1) is 50.5 Å². The van der Waals surface area contributed by atoms with Crippen LogP contribution in [0.3, 0.4) is 0 Å². The molecule has 0 unspecified atom stereocenters. The van der Waals surface area contributed by atoms with E-state index in [4.69, 9.17) is 0 Å². The Kier molecular flexibility index (Phi) is 2.73. The molecule has 0 saturated heterocycles. The van der Waals surface area contributed by atoms with Gasteiger partial charge in [0, 0.05) is 20.4 Å². The Bertz CT molecular complexity index is 591. The summed E-state index contributed by atoms with van der Waals surface area (Å²) in [6.45, 7) is 0. The molecular weight excluding hydrogens is 268 g/mol. The van der Waals surface area contributed by atoms with Crippen LogP contribution in [0.2, 0.25) is 0 Å². The SMILES string of the molecule is C1=N[N+](C([N+]2=CCC=N2)([N+]2=CCC=N2)[N+]2=CCC=N2)=CC1. The van der Waals surface area contributed by atoms with Crippen LogP contribution in [0.4, 0.5) is 0 Å². The lowest BCUT2D eigenvalue weighted by atomic mass is 10.4. The van der Waals surface area contributed by atoms with Gasteiger partial charge < -0.3 is 0 Å². The van der Waals surface area contributed by atoms with Gasteiger partial charge in [-0.2, -0.15) is 0 Å². The first kappa shape index (κ1) is 12.1. The summed E-state index contributed by atoms with van der Waals surface area (Å²) < 4.78 is 7.46. The summed E-state index contributed by atoms with van der Waals surface area (Å²) in [6, 6.07) is 0. The molecule has 0 bridgehead atoms. The third-order valence-corrected chi connectivity index (χ3v) is 3.59. The minimum atomic E-state index is -0.861. The molecule has 0 aromatic heterocycles. The van der Waals surface area contributed by atoms with Crippen molar-refractivity contribution in [2.75, 3.05) is 0 Å². The van der Waals surface area contributed by atoms with E-state index in [1.165, 1.54) is 0 Å². The van der Waals surface area contributed by atoms with Gasteiger partial charge in [0.25, 0.3) is 0 Å². The summed E-state index contributed by atoms with van der Waals surface area (Å²) in [5.74, 6) is -0.861. The van der Waals surface area contributed by atoms with Crippen LogP contribution in [0.15, 0.2) is 20.4 Å². The smallest absolute Gasteiger partial charge is 0.00718 e. The maximum absolute atomic E-state index is 4.49. The van der Waals surface area contributed by atoms with Gasteiger partial charge in [-0.1, -0.05) is 0 Å². The number of hydrogen-bond acceptors (Lipinski definition) is 4. The fraction of sp³-hybridized carbons (Fsp3) is 0.385. The highest BCUT2D eigenvalue weighted by Gasteiger charge is 2.82. The van der Waals surface area contributed by atoms with Crippen LogP contribution >= 0.6 is 0 Å². The van der Waals surface area contributed by atoms with Gasteiger partial charge in [-0.3, -0.25) is 0 Å². The first-order valence-electron chi connectivity index (χ1n) is 7.03. The third-order valence-electron chi connectivity index (χ3n) is 3.59. The fourth-order valence-electron chi connectivity index (χ4n) is 2.75. The average Bonchev–Trinajstić information content (AvgIpc) is 3.32. The van der Waals surface area contributed by atoms with Gasteiger partial charge >= 0.3 is 5.91 Å². The Morgan fingerprint density at radius 2 is 0.810 bits per heavy atom. The summed E-state index contributed by atoms with van der Waals surface area (Å²) in [5, 5.41) is 18.0. The molecule has 104 valence electrons. The Morgan fingerprint density at radius 1 is 0.524 bits per heavy atom. The zero-order chi connectivity index (χ0) is 14.1. The maximum atomic E-state index is 4.49. The molecule has 0 radical (unpaired) electrons. The predicted octanol–water partition coefficient (Wildman–Crippen LogP) is -0.511. The second-order valence-electron chi connectivity index (χ2n) is 4.84. The zero-order valence-corrected chi connectivity index (χ0v) is 11.5. The minimum absolute atomic E-state index is 0.786. The Morgan fingerprint density at radius 3 is 1.00 bits per heavy atom. The highest BCUT2D eigenvalue weighted by atomic mass is 15.8. The maximum Gasteiger partial charge on any atom is 0.857 e.